The maximum Gasteiger partial charge on any atom is 0.178 e. The van der Waals surface area contributed by atoms with E-state index in [1.807, 2.05) is 24.3 Å². The summed E-state index contributed by atoms with van der Waals surface area (Å²) in [6.07, 6.45) is 3.18. The molecular formula is C13H10N2O. The van der Waals surface area contributed by atoms with Crippen LogP contribution in [0.1, 0.15) is 17.8 Å². The molecule has 0 saturated heterocycles. The zero-order valence-electron chi connectivity index (χ0n) is 8.73. The Balaban J connectivity index is 2.30. The van der Waals surface area contributed by atoms with Gasteiger partial charge in [-0.3, -0.25) is 4.98 Å². The molecule has 0 aliphatic heterocycles. The van der Waals surface area contributed by atoms with E-state index in [1.165, 1.54) is 0 Å². The molecule has 3 heteroatoms. The first kappa shape index (κ1) is 8.28. The third-order valence-electron chi connectivity index (χ3n) is 3.28. The van der Waals surface area contributed by atoms with E-state index in [0.29, 0.717) is 0 Å². The Morgan fingerprint density at radius 3 is 2.94 bits per heavy atom. The topological polar surface area (TPSA) is 38.9 Å². The Morgan fingerprint density at radius 1 is 1.06 bits per heavy atom. The summed E-state index contributed by atoms with van der Waals surface area (Å²) in [6.45, 7) is 0. The van der Waals surface area contributed by atoms with Crippen molar-refractivity contribution in [2.75, 3.05) is 0 Å². The van der Waals surface area contributed by atoms with Gasteiger partial charge in [-0.15, -0.1) is 0 Å². The molecule has 78 valence electrons. The van der Waals surface area contributed by atoms with Crippen LogP contribution in [0.25, 0.3) is 21.9 Å². The fraction of sp³-hybridized carbons (Fsp3) is 0.231. The fourth-order valence-electron chi connectivity index (χ4n) is 2.54. The van der Waals surface area contributed by atoms with E-state index in [-0.39, 0.29) is 0 Å². The first-order valence-electron chi connectivity index (χ1n) is 5.59. The van der Waals surface area contributed by atoms with Gasteiger partial charge in [0.25, 0.3) is 0 Å². The van der Waals surface area contributed by atoms with Gasteiger partial charge in [-0.1, -0.05) is 17.3 Å². The quantitative estimate of drug-likeness (QED) is 0.572. The number of benzene rings is 1. The third kappa shape index (κ3) is 0.927. The number of aryl methyl sites for hydroxylation is 2. The zero-order chi connectivity index (χ0) is 10.5. The first-order chi connectivity index (χ1) is 7.93. The summed E-state index contributed by atoms with van der Waals surface area (Å²) in [5.41, 5.74) is 4.15. The number of nitrogens with zero attached hydrogens (tertiary/aromatic N) is 2. The van der Waals surface area contributed by atoms with Crippen LogP contribution in [-0.2, 0) is 12.8 Å². The maximum atomic E-state index is 5.48. The van der Waals surface area contributed by atoms with Crippen LogP contribution in [0, 0.1) is 0 Å². The number of fused-ring (bicyclic) bond motifs is 2. The van der Waals surface area contributed by atoms with Crippen molar-refractivity contribution >= 4 is 21.9 Å². The second kappa shape index (κ2) is 2.82. The molecule has 0 unspecified atom stereocenters. The lowest BCUT2D eigenvalue weighted by Gasteiger charge is -2.09. The van der Waals surface area contributed by atoms with Gasteiger partial charge in [0.05, 0.1) is 22.3 Å². The summed E-state index contributed by atoms with van der Waals surface area (Å²) >= 11 is 0. The van der Waals surface area contributed by atoms with Crippen molar-refractivity contribution in [2.45, 2.75) is 19.3 Å². The molecule has 1 aliphatic carbocycles. The van der Waals surface area contributed by atoms with Crippen LogP contribution < -0.4 is 0 Å². The first-order valence-corrected chi connectivity index (χ1v) is 5.59. The van der Waals surface area contributed by atoms with Gasteiger partial charge in [-0.25, -0.2) is 0 Å². The van der Waals surface area contributed by atoms with Crippen molar-refractivity contribution in [3.05, 3.63) is 35.7 Å². The molecule has 0 radical (unpaired) electrons. The number of pyridine rings is 1. The molecule has 2 heterocycles. The van der Waals surface area contributed by atoms with Crippen LogP contribution in [0.3, 0.4) is 0 Å². The van der Waals surface area contributed by atoms with Crippen molar-refractivity contribution in [3.63, 3.8) is 0 Å². The summed E-state index contributed by atoms with van der Waals surface area (Å²) in [5.74, 6) is 0. The molecule has 0 atom stereocenters. The monoisotopic (exact) mass is 210 g/mol. The van der Waals surface area contributed by atoms with Gasteiger partial charge in [0, 0.05) is 5.39 Å². The normalized spacial score (nSPS) is 14.8. The SMILES string of the molecule is c1ccc2c(c1)nc1c3c(noc32)CCC1. The molecule has 0 N–H and O–H groups in total. The maximum absolute atomic E-state index is 5.48. The highest BCUT2D eigenvalue weighted by Gasteiger charge is 2.20. The van der Waals surface area contributed by atoms with Crippen molar-refractivity contribution < 1.29 is 4.52 Å². The largest absolute Gasteiger partial charge is 0.355 e. The Morgan fingerprint density at radius 2 is 1.94 bits per heavy atom. The molecule has 1 aliphatic rings. The molecule has 3 nitrogen and oxygen atoms in total. The number of aromatic nitrogens is 2. The van der Waals surface area contributed by atoms with Gasteiger partial charge in [0.2, 0.25) is 0 Å². The Bertz CT molecular complexity index is 700. The van der Waals surface area contributed by atoms with E-state index in [0.717, 1.165) is 52.5 Å². The Hall–Kier alpha value is -1.90. The van der Waals surface area contributed by atoms with Crippen molar-refractivity contribution in [2.24, 2.45) is 0 Å². The third-order valence-corrected chi connectivity index (χ3v) is 3.28. The van der Waals surface area contributed by atoms with E-state index in [2.05, 4.69) is 5.16 Å². The molecular weight excluding hydrogens is 200 g/mol. The Kier molecular flexibility index (Phi) is 1.46. The minimum absolute atomic E-state index is 0.912. The fourth-order valence-corrected chi connectivity index (χ4v) is 2.54. The zero-order valence-corrected chi connectivity index (χ0v) is 8.73. The minimum Gasteiger partial charge on any atom is -0.355 e. The summed E-state index contributed by atoms with van der Waals surface area (Å²) in [7, 11) is 0. The average molecular weight is 210 g/mol. The molecule has 0 bridgehead atoms. The van der Waals surface area contributed by atoms with Gasteiger partial charge in [-0.05, 0) is 31.4 Å². The van der Waals surface area contributed by atoms with Crippen LogP contribution in [0.4, 0.5) is 0 Å². The molecule has 0 spiro atoms. The minimum atomic E-state index is 0.912. The molecule has 3 aromatic rings. The van der Waals surface area contributed by atoms with Crippen LogP contribution in [0.2, 0.25) is 0 Å². The van der Waals surface area contributed by atoms with E-state index in [4.69, 9.17) is 9.51 Å². The van der Waals surface area contributed by atoms with Crippen LogP contribution in [0.15, 0.2) is 28.8 Å². The van der Waals surface area contributed by atoms with Crippen LogP contribution in [-0.4, -0.2) is 10.1 Å². The smallest absolute Gasteiger partial charge is 0.178 e. The van der Waals surface area contributed by atoms with Gasteiger partial charge in [-0.2, -0.15) is 0 Å². The highest BCUT2D eigenvalue weighted by atomic mass is 16.5. The summed E-state index contributed by atoms with van der Waals surface area (Å²) in [4.78, 5) is 4.71. The predicted molar refractivity (Wildman–Crippen MR) is 61.3 cm³/mol. The number of rotatable bonds is 0. The molecule has 2 aromatic heterocycles. The highest BCUT2D eigenvalue weighted by molar-refractivity contribution is 6.04. The Labute approximate surface area is 92.1 Å². The van der Waals surface area contributed by atoms with Crippen molar-refractivity contribution in [1.29, 1.82) is 0 Å². The van der Waals surface area contributed by atoms with Gasteiger partial charge in [0.15, 0.2) is 5.58 Å². The van der Waals surface area contributed by atoms with Crippen LogP contribution in [0.5, 0.6) is 0 Å². The van der Waals surface area contributed by atoms with Crippen molar-refractivity contribution in [3.8, 4) is 0 Å². The second-order valence-corrected chi connectivity index (χ2v) is 4.26. The van der Waals surface area contributed by atoms with E-state index in [1.54, 1.807) is 0 Å². The number of hydrogen-bond donors (Lipinski definition) is 0. The molecule has 0 amide bonds. The molecule has 4 rings (SSSR count). The van der Waals surface area contributed by atoms with Gasteiger partial charge < -0.3 is 4.52 Å². The van der Waals surface area contributed by atoms with E-state index in [9.17, 15) is 0 Å². The van der Waals surface area contributed by atoms with E-state index >= 15 is 0 Å². The number of hydrogen-bond acceptors (Lipinski definition) is 3. The molecule has 16 heavy (non-hydrogen) atoms. The lowest BCUT2D eigenvalue weighted by Crippen LogP contribution is -2.02. The van der Waals surface area contributed by atoms with Gasteiger partial charge >= 0.3 is 0 Å². The summed E-state index contributed by atoms with van der Waals surface area (Å²) in [6, 6.07) is 8.10. The molecule has 1 aromatic carbocycles. The average Bonchev–Trinajstić information content (AvgIpc) is 2.76. The number of para-hydroxylation sites is 1. The van der Waals surface area contributed by atoms with Crippen LogP contribution >= 0.6 is 0 Å². The standard InChI is InChI=1S/C13H10N2O/c1-2-5-9-8(4-1)13-12-10(14-9)6-3-7-11(12)15-16-13/h1-2,4-5H,3,6-7H2. The molecule has 0 fully saturated rings. The highest BCUT2D eigenvalue weighted by Crippen LogP contribution is 2.32. The lowest BCUT2D eigenvalue weighted by molar-refractivity contribution is 0.447. The second-order valence-electron chi connectivity index (χ2n) is 4.26. The van der Waals surface area contributed by atoms with E-state index < -0.39 is 0 Å². The predicted octanol–water partition coefficient (Wildman–Crippen LogP) is 2.86. The molecule has 0 saturated carbocycles. The van der Waals surface area contributed by atoms with Gasteiger partial charge in [0.1, 0.15) is 0 Å². The van der Waals surface area contributed by atoms with Crippen molar-refractivity contribution in [1.82, 2.24) is 10.1 Å². The lowest BCUT2D eigenvalue weighted by atomic mass is 9.98. The summed E-state index contributed by atoms with van der Waals surface area (Å²) < 4.78 is 5.48. The summed E-state index contributed by atoms with van der Waals surface area (Å²) in [5, 5.41) is 6.39.